The minimum atomic E-state index is -5.08. The van der Waals surface area contributed by atoms with Gasteiger partial charge in [-0.05, 0) is 25.0 Å². The molecular formula is C23H24F7N5O4. The van der Waals surface area contributed by atoms with Gasteiger partial charge in [0.2, 0.25) is 0 Å². The van der Waals surface area contributed by atoms with Crippen molar-refractivity contribution in [1.82, 2.24) is 19.9 Å². The normalized spacial score (nSPS) is 14.2. The maximum atomic E-state index is 13.9. The predicted octanol–water partition coefficient (Wildman–Crippen LogP) is 4.04. The van der Waals surface area contributed by atoms with Crippen molar-refractivity contribution in [2.75, 3.05) is 37.6 Å². The number of alkyl halides is 6. The summed E-state index contributed by atoms with van der Waals surface area (Å²) in [5.41, 5.74) is 2.92. The highest BCUT2D eigenvalue weighted by Crippen LogP contribution is 2.25. The Balaban J connectivity index is 0.000000317. The summed E-state index contributed by atoms with van der Waals surface area (Å²) >= 11 is 0. The van der Waals surface area contributed by atoms with Crippen molar-refractivity contribution in [3.63, 3.8) is 0 Å². The molecule has 0 atom stereocenters. The number of para-hydroxylation sites is 1. The van der Waals surface area contributed by atoms with E-state index in [9.17, 15) is 30.7 Å². The second-order valence-corrected chi connectivity index (χ2v) is 8.14. The molecule has 1 aliphatic heterocycles. The third-order valence-corrected chi connectivity index (χ3v) is 5.51. The van der Waals surface area contributed by atoms with E-state index >= 15 is 0 Å². The third-order valence-electron chi connectivity index (χ3n) is 5.51. The predicted molar refractivity (Wildman–Crippen MR) is 125 cm³/mol. The van der Waals surface area contributed by atoms with Gasteiger partial charge in [0.05, 0.1) is 11.7 Å². The first kappa shape index (κ1) is 31.3. The summed E-state index contributed by atoms with van der Waals surface area (Å²) in [5, 5.41) is 15.3. The minimum Gasteiger partial charge on any atom is -0.475 e. The van der Waals surface area contributed by atoms with E-state index in [1.165, 1.54) is 11.6 Å². The molecule has 0 saturated carbocycles. The van der Waals surface area contributed by atoms with Crippen LogP contribution in [0.5, 0.6) is 0 Å². The average molecular weight is 567 g/mol. The molecule has 0 spiro atoms. The van der Waals surface area contributed by atoms with Crippen LogP contribution in [0.2, 0.25) is 0 Å². The standard InChI is InChI=1S/C19H22FN5.2C2HF3O2/c1-14-15(16-3-2-4-17(20)19(16)23-14)5-8-24-9-11-25(12-10-24)18-13-21-6-7-22-18;2*3-2(4,5)1(6)7/h2-4,6-7,13,23H,5,8-12H2,1H3;2*(H,6,7). The van der Waals surface area contributed by atoms with Crippen LogP contribution in [0.4, 0.5) is 36.6 Å². The molecule has 214 valence electrons. The molecule has 9 nitrogen and oxygen atoms in total. The van der Waals surface area contributed by atoms with Gasteiger partial charge in [0.15, 0.2) is 0 Å². The Morgan fingerprint density at radius 2 is 1.54 bits per heavy atom. The Hall–Kier alpha value is -3.95. The molecular weight excluding hydrogens is 543 g/mol. The summed E-state index contributed by atoms with van der Waals surface area (Å²) < 4.78 is 77.4. The number of hydrogen-bond donors (Lipinski definition) is 3. The second kappa shape index (κ2) is 13.2. The van der Waals surface area contributed by atoms with Gasteiger partial charge < -0.3 is 20.1 Å². The summed E-state index contributed by atoms with van der Waals surface area (Å²) in [6.45, 7) is 6.94. The van der Waals surface area contributed by atoms with Gasteiger partial charge in [-0.25, -0.2) is 19.0 Å². The summed E-state index contributed by atoms with van der Waals surface area (Å²) in [5.74, 6) is -4.74. The highest BCUT2D eigenvalue weighted by molar-refractivity contribution is 5.85. The van der Waals surface area contributed by atoms with E-state index in [2.05, 4.69) is 24.8 Å². The third kappa shape index (κ3) is 9.38. The number of hydrogen-bond acceptors (Lipinski definition) is 6. The highest BCUT2D eigenvalue weighted by atomic mass is 19.4. The Morgan fingerprint density at radius 3 is 2.03 bits per heavy atom. The molecule has 0 radical (unpaired) electrons. The SMILES string of the molecule is Cc1[nH]c2c(F)cccc2c1CCN1CCN(c2cnccn2)CC1.O=C(O)C(F)(F)F.O=C(O)C(F)(F)F. The van der Waals surface area contributed by atoms with Crippen LogP contribution in [0.15, 0.2) is 36.8 Å². The lowest BCUT2D eigenvalue weighted by molar-refractivity contribution is -0.193. The zero-order chi connectivity index (χ0) is 29.4. The molecule has 3 N–H and O–H groups in total. The number of aromatic amines is 1. The fraction of sp³-hybridized carbons (Fsp3) is 0.391. The van der Waals surface area contributed by atoms with Crippen LogP contribution >= 0.6 is 0 Å². The lowest BCUT2D eigenvalue weighted by Gasteiger charge is -2.35. The molecule has 1 aliphatic rings. The quantitative estimate of drug-likeness (QED) is 0.404. The van der Waals surface area contributed by atoms with Crippen LogP contribution in [0.1, 0.15) is 11.3 Å². The first-order valence-corrected chi connectivity index (χ1v) is 11.2. The fourth-order valence-corrected chi connectivity index (χ4v) is 3.61. The van der Waals surface area contributed by atoms with Crippen LogP contribution in [-0.4, -0.2) is 87.1 Å². The number of benzene rings is 1. The van der Waals surface area contributed by atoms with Gasteiger partial charge in [-0.1, -0.05) is 12.1 Å². The van der Waals surface area contributed by atoms with E-state index in [0.29, 0.717) is 5.52 Å². The monoisotopic (exact) mass is 567 g/mol. The average Bonchev–Trinajstić information content (AvgIpc) is 3.19. The van der Waals surface area contributed by atoms with Gasteiger partial charge in [-0.2, -0.15) is 26.3 Å². The number of aromatic nitrogens is 3. The van der Waals surface area contributed by atoms with Crippen molar-refractivity contribution in [3.8, 4) is 0 Å². The van der Waals surface area contributed by atoms with Gasteiger partial charge in [0.25, 0.3) is 0 Å². The Kier molecular flexibility index (Phi) is 10.6. The molecule has 0 aliphatic carbocycles. The number of nitrogens with zero attached hydrogens (tertiary/aromatic N) is 4. The molecule has 39 heavy (non-hydrogen) atoms. The second-order valence-electron chi connectivity index (χ2n) is 8.14. The number of halogens is 7. The van der Waals surface area contributed by atoms with Gasteiger partial charge in [-0.15, -0.1) is 0 Å². The van der Waals surface area contributed by atoms with E-state index in [1.54, 1.807) is 18.5 Å². The van der Waals surface area contributed by atoms with Crippen molar-refractivity contribution in [2.24, 2.45) is 0 Å². The van der Waals surface area contributed by atoms with E-state index in [0.717, 1.165) is 56.0 Å². The Bertz CT molecular complexity index is 1220. The van der Waals surface area contributed by atoms with Crippen molar-refractivity contribution in [1.29, 1.82) is 0 Å². The van der Waals surface area contributed by atoms with Gasteiger partial charge >= 0.3 is 24.3 Å². The maximum absolute atomic E-state index is 13.9. The van der Waals surface area contributed by atoms with E-state index in [1.807, 2.05) is 19.2 Å². The van der Waals surface area contributed by atoms with Gasteiger partial charge in [0.1, 0.15) is 11.6 Å². The van der Waals surface area contributed by atoms with Crippen molar-refractivity contribution < 1.29 is 50.5 Å². The molecule has 2 aromatic heterocycles. The number of nitrogens with one attached hydrogen (secondary N) is 1. The summed E-state index contributed by atoms with van der Waals surface area (Å²) in [6, 6.07) is 5.30. The molecule has 16 heteroatoms. The maximum Gasteiger partial charge on any atom is 0.490 e. The number of carboxylic acid groups (broad SMARTS) is 2. The number of piperazine rings is 1. The molecule has 1 saturated heterocycles. The lowest BCUT2D eigenvalue weighted by Crippen LogP contribution is -2.47. The number of anilines is 1. The molecule has 0 bridgehead atoms. The molecule has 3 heterocycles. The molecule has 0 unspecified atom stereocenters. The van der Waals surface area contributed by atoms with Crippen LogP contribution in [0.25, 0.3) is 10.9 Å². The van der Waals surface area contributed by atoms with Crippen molar-refractivity contribution >= 4 is 28.7 Å². The van der Waals surface area contributed by atoms with E-state index in [4.69, 9.17) is 19.8 Å². The number of carbonyl (C=O) groups is 2. The fourth-order valence-electron chi connectivity index (χ4n) is 3.61. The Morgan fingerprint density at radius 1 is 0.974 bits per heavy atom. The van der Waals surface area contributed by atoms with E-state index < -0.39 is 24.3 Å². The smallest absolute Gasteiger partial charge is 0.475 e. The number of H-pyrrole nitrogens is 1. The number of aryl methyl sites for hydroxylation is 1. The number of carboxylic acids is 2. The minimum absolute atomic E-state index is 0.176. The molecule has 0 amide bonds. The number of aliphatic carboxylic acids is 2. The number of rotatable bonds is 4. The van der Waals surface area contributed by atoms with Crippen LogP contribution in [0, 0.1) is 12.7 Å². The lowest BCUT2D eigenvalue weighted by atomic mass is 10.1. The molecule has 1 aromatic carbocycles. The zero-order valence-electron chi connectivity index (χ0n) is 20.4. The van der Waals surface area contributed by atoms with Gasteiger partial charge in [-0.3, -0.25) is 9.88 Å². The summed E-state index contributed by atoms with van der Waals surface area (Å²) in [4.78, 5) is 34.2. The molecule has 1 fully saturated rings. The molecule has 4 rings (SSSR count). The van der Waals surface area contributed by atoms with Crippen LogP contribution in [-0.2, 0) is 16.0 Å². The van der Waals surface area contributed by atoms with Gasteiger partial charge in [0, 0.05) is 56.2 Å². The molecule has 3 aromatic rings. The van der Waals surface area contributed by atoms with Crippen LogP contribution < -0.4 is 4.90 Å². The number of fused-ring (bicyclic) bond motifs is 1. The summed E-state index contributed by atoms with van der Waals surface area (Å²) in [6.07, 6.45) is -3.98. The summed E-state index contributed by atoms with van der Waals surface area (Å²) in [7, 11) is 0. The van der Waals surface area contributed by atoms with Crippen molar-refractivity contribution in [2.45, 2.75) is 25.7 Å². The zero-order valence-corrected chi connectivity index (χ0v) is 20.4. The van der Waals surface area contributed by atoms with Crippen LogP contribution in [0.3, 0.4) is 0 Å². The van der Waals surface area contributed by atoms with E-state index in [-0.39, 0.29) is 5.82 Å². The first-order chi connectivity index (χ1) is 18.1. The first-order valence-electron chi connectivity index (χ1n) is 11.2. The highest BCUT2D eigenvalue weighted by Gasteiger charge is 2.38. The topological polar surface area (TPSA) is 123 Å². The largest absolute Gasteiger partial charge is 0.490 e. The van der Waals surface area contributed by atoms with Crippen molar-refractivity contribution in [3.05, 3.63) is 53.9 Å². The Labute approximate surface area is 216 Å².